The fourth-order valence-electron chi connectivity index (χ4n) is 1.61. The fourth-order valence-corrected chi connectivity index (χ4v) is 1.61. The van der Waals surface area contributed by atoms with E-state index in [0.717, 1.165) is 5.56 Å². The molecule has 1 aromatic rings. The highest BCUT2D eigenvalue weighted by molar-refractivity contribution is 5.81. The number of hydrogen-bond acceptors (Lipinski definition) is 5. The van der Waals surface area contributed by atoms with Crippen molar-refractivity contribution >= 4 is 5.84 Å². The number of nitrogens with two attached hydrogens (primary N) is 1. The number of methoxy groups -OCH3 is 1. The average Bonchev–Trinajstić information content (AvgIpc) is 2.38. The number of amidine groups is 1. The molecule has 0 amide bonds. The van der Waals surface area contributed by atoms with E-state index in [0.29, 0.717) is 19.0 Å². The van der Waals surface area contributed by atoms with Crippen molar-refractivity contribution in [3.8, 4) is 5.88 Å². The van der Waals surface area contributed by atoms with Crippen molar-refractivity contribution in [1.29, 1.82) is 0 Å². The molecule has 3 N–H and O–H groups in total. The normalized spacial score (nSPS) is 12.2. The van der Waals surface area contributed by atoms with Gasteiger partial charge in [0.1, 0.15) is 0 Å². The second-order valence-corrected chi connectivity index (χ2v) is 4.26. The molecule has 0 aliphatic rings. The summed E-state index contributed by atoms with van der Waals surface area (Å²) in [6.07, 6.45) is 1.69. The van der Waals surface area contributed by atoms with Gasteiger partial charge in [-0.25, -0.2) is 4.98 Å². The molecule has 1 heterocycles. The maximum Gasteiger partial charge on any atom is 0.217 e. The van der Waals surface area contributed by atoms with Crippen LogP contribution in [0, 0.1) is 0 Å². The maximum atomic E-state index is 8.63. The van der Waals surface area contributed by atoms with Crippen molar-refractivity contribution in [2.24, 2.45) is 10.9 Å². The van der Waals surface area contributed by atoms with Gasteiger partial charge in [-0.05, 0) is 19.9 Å². The van der Waals surface area contributed by atoms with Crippen molar-refractivity contribution < 1.29 is 9.94 Å². The van der Waals surface area contributed by atoms with Gasteiger partial charge in [0.15, 0.2) is 5.84 Å². The highest BCUT2D eigenvalue weighted by Crippen LogP contribution is 2.17. The van der Waals surface area contributed by atoms with Crippen molar-refractivity contribution in [3.05, 3.63) is 23.9 Å². The minimum absolute atomic E-state index is 0.187. The molecule has 0 bridgehead atoms. The van der Waals surface area contributed by atoms with Gasteiger partial charge in [0.05, 0.1) is 13.7 Å². The van der Waals surface area contributed by atoms with Crippen LogP contribution in [0.1, 0.15) is 19.4 Å². The number of rotatable bonds is 6. The quantitative estimate of drug-likeness (QED) is 0.342. The Balaban J connectivity index is 2.83. The van der Waals surface area contributed by atoms with Crippen LogP contribution in [0.15, 0.2) is 23.5 Å². The molecule has 0 aliphatic heterocycles. The van der Waals surface area contributed by atoms with E-state index in [4.69, 9.17) is 15.7 Å². The van der Waals surface area contributed by atoms with Crippen LogP contribution in [0.4, 0.5) is 0 Å². The van der Waals surface area contributed by atoms with E-state index in [1.165, 1.54) is 0 Å². The Morgan fingerprint density at radius 2 is 2.33 bits per heavy atom. The van der Waals surface area contributed by atoms with E-state index in [1.807, 2.05) is 26.0 Å². The molecule has 18 heavy (non-hydrogen) atoms. The number of nitrogens with zero attached hydrogens (tertiary/aromatic N) is 3. The molecule has 0 spiro atoms. The lowest BCUT2D eigenvalue weighted by atomic mass is 10.2. The molecule has 0 saturated heterocycles. The smallest absolute Gasteiger partial charge is 0.217 e. The van der Waals surface area contributed by atoms with Gasteiger partial charge >= 0.3 is 0 Å². The van der Waals surface area contributed by atoms with Crippen LogP contribution < -0.4 is 10.5 Å². The number of ether oxygens (including phenoxy) is 1. The molecule has 0 unspecified atom stereocenters. The van der Waals surface area contributed by atoms with Gasteiger partial charge in [0, 0.05) is 24.3 Å². The third kappa shape index (κ3) is 3.89. The first-order valence-electron chi connectivity index (χ1n) is 5.76. The van der Waals surface area contributed by atoms with Crippen LogP contribution in [0.2, 0.25) is 0 Å². The Kier molecular flexibility index (Phi) is 5.38. The highest BCUT2D eigenvalue weighted by atomic mass is 16.5. The highest BCUT2D eigenvalue weighted by Gasteiger charge is 2.14. The second kappa shape index (κ2) is 6.80. The predicted octanol–water partition coefficient (Wildman–Crippen LogP) is 1.05. The van der Waals surface area contributed by atoms with Gasteiger partial charge in [-0.1, -0.05) is 11.2 Å². The number of pyridine rings is 1. The zero-order chi connectivity index (χ0) is 13.5. The summed E-state index contributed by atoms with van der Waals surface area (Å²) in [4.78, 5) is 6.21. The first kappa shape index (κ1) is 14.2. The summed E-state index contributed by atoms with van der Waals surface area (Å²) >= 11 is 0. The molecule has 0 aliphatic carbocycles. The van der Waals surface area contributed by atoms with Gasteiger partial charge in [-0.3, -0.25) is 4.90 Å². The number of oxime groups is 1. The van der Waals surface area contributed by atoms with Gasteiger partial charge in [0.25, 0.3) is 0 Å². The molecule has 0 fully saturated rings. The summed E-state index contributed by atoms with van der Waals surface area (Å²) in [5, 5.41) is 11.6. The molecular weight excluding hydrogens is 232 g/mol. The second-order valence-electron chi connectivity index (χ2n) is 4.26. The zero-order valence-electron chi connectivity index (χ0n) is 11.0. The molecule has 1 rings (SSSR count). The van der Waals surface area contributed by atoms with Gasteiger partial charge < -0.3 is 15.7 Å². The summed E-state index contributed by atoms with van der Waals surface area (Å²) in [5.41, 5.74) is 6.52. The molecule has 0 aromatic carbocycles. The van der Waals surface area contributed by atoms with Crippen LogP contribution in [0.5, 0.6) is 5.88 Å². The van der Waals surface area contributed by atoms with Crippen molar-refractivity contribution in [3.63, 3.8) is 0 Å². The van der Waals surface area contributed by atoms with E-state index >= 15 is 0 Å². The Morgan fingerprint density at radius 3 is 2.89 bits per heavy atom. The largest absolute Gasteiger partial charge is 0.481 e. The number of aromatic nitrogens is 1. The van der Waals surface area contributed by atoms with Gasteiger partial charge in [-0.2, -0.15) is 0 Å². The van der Waals surface area contributed by atoms with Crippen LogP contribution in [-0.4, -0.2) is 40.6 Å². The first-order chi connectivity index (χ1) is 8.58. The van der Waals surface area contributed by atoms with Crippen LogP contribution >= 0.6 is 0 Å². The minimum atomic E-state index is 0.187. The molecule has 6 nitrogen and oxygen atoms in total. The lowest BCUT2D eigenvalue weighted by molar-refractivity contribution is 0.234. The third-order valence-corrected chi connectivity index (χ3v) is 2.64. The van der Waals surface area contributed by atoms with Gasteiger partial charge in [0.2, 0.25) is 5.88 Å². The lowest BCUT2D eigenvalue weighted by Gasteiger charge is -2.26. The predicted molar refractivity (Wildman–Crippen MR) is 69.7 cm³/mol. The van der Waals surface area contributed by atoms with E-state index in [-0.39, 0.29) is 11.9 Å². The molecule has 1 aromatic heterocycles. The number of hydrogen-bond donors (Lipinski definition) is 2. The standard InChI is InChI=1S/C12H20N4O2/c1-9(2)16(8-11(13)15-17)7-10-5-4-6-14-12(10)18-3/h4-6,9,17H,7-8H2,1-3H3,(H2,13,15). The molecule has 0 radical (unpaired) electrons. The van der Waals surface area contributed by atoms with E-state index in [2.05, 4.69) is 15.0 Å². The van der Waals surface area contributed by atoms with Crippen LogP contribution in [0.3, 0.4) is 0 Å². The molecule has 0 saturated carbocycles. The Bertz CT molecular complexity index is 407. The molecule has 100 valence electrons. The molecule has 6 heteroatoms. The SMILES string of the molecule is COc1ncccc1CN(CC(N)=NO)C(C)C. The summed E-state index contributed by atoms with van der Waals surface area (Å²) in [5.74, 6) is 0.786. The fraction of sp³-hybridized carbons (Fsp3) is 0.500. The monoisotopic (exact) mass is 252 g/mol. The first-order valence-corrected chi connectivity index (χ1v) is 5.76. The summed E-state index contributed by atoms with van der Waals surface area (Å²) in [7, 11) is 1.59. The maximum absolute atomic E-state index is 8.63. The van der Waals surface area contributed by atoms with Crippen LogP contribution in [-0.2, 0) is 6.54 Å². The minimum Gasteiger partial charge on any atom is -0.481 e. The van der Waals surface area contributed by atoms with Crippen LogP contribution in [0.25, 0.3) is 0 Å². The van der Waals surface area contributed by atoms with E-state index in [1.54, 1.807) is 13.3 Å². The van der Waals surface area contributed by atoms with Crippen molar-refractivity contribution in [2.75, 3.05) is 13.7 Å². The molecular formula is C12H20N4O2. The zero-order valence-corrected chi connectivity index (χ0v) is 11.0. The van der Waals surface area contributed by atoms with E-state index < -0.39 is 0 Å². The summed E-state index contributed by atoms with van der Waals surface area (Å²) in [6.45, 7) is 5.12. The molecule has 0 atom stereocenters. The lowest BCUT2D eigenvalue weighted by Crippen LogP contribution is -2.38. The van der Waals surface area contributed by atoms with E-state index in [9.17, 15) is 0 Å². The Labute approximate surface area is 107 Å². The summed E-state index contributed by atoms with van der Waals surface area (Å²) in [6, 6.07) is 4.07. The van der Waals surface area contributed by atoms with Crippen molar-refractivity contribution in [1.82, 2.24) is 9.88 Å². The Hall–Kier alpha value is -1.82. The van der Waals surface area contributed by atoms with Gasteiger partial charge in [-0.15, -0.1) is 0 Å². The Morgan fingerprint density at radius 1 is 1.61 bits per heavy atom. The average molecular weight is 252 g/mol. The van der Waals surface area contributed by atoms with Crippen molar-refractivity contribution in [2.45, 2.75) is 26.4 Å². The third-order valence-electron chi connectivity index (χ3n) is 2.64. The topological polar surface area (TPSA) is 84.0 Å². The summed E-state index contributed by atoms with van der Waals surface area (Å²) < 4.78 is 5.21.